The zero-order chi connectivity index (χ0) is 16.5. The zero-order valence-corrected chi connectivity index (χ0v) is 14.4. The van der Waals surface area contributed by atoms with Crippen molar-refractivity contribution < 1.29 is 26.4 Å². The minimum atomic E-state index is -4.06. The molecule has 1 heterocycles. The van der Waals surface area contributed by atoms with Gasteiger partial charge in [-0.1, -0.05) is 0 Å². The lowest BCUT2D eigenvalue weighted by molar-refractivity contribution is 0.0590. The second-order valence-corrected chi connectivity index (χ2v) is 10.3. The van der Waals surface area contributed by atoms with Crippen molar-refractivity contribution in [3.8, 4) is 0 Å². The first kappa shape index (κ1) is 18.0. The molecule has 0 aliphatic rings. The van der Waals surface area contributed by atoms with Crippen LogP contribution in [0.5, 0.6) is 0 Å². The van der Waals surface area contributed by atoms with Crippen LogP contribution in [0.4, 0.5) is 0 Å². The topological polar surface area (TPSA) is 120 Å². The van der Waals surface area contributed by atoms with E-state index < -0.39 is 30.6 Å². The molecule has 0 fully saturated rings. The van der Waals surface area contributed by atoms with Crippen molar-refractivity contribution in [1.82, 2.24) is 9.71 Å². The number of nitrogens with zero attached hydrogens (tertiary/aromatic N) is 1. The zero-order valence-electron chi connectivity index (χ0n) is 11.9. The lowest BCUT2D eigenvalue weighted by atomic mass is 10.2. The third-order valence-corrected chi connectivity index (χ3v) is 7.77. The minimum Gasteiger partial charge on any atom is -0.464 e. The van der Waals surface area contributed by atoms with E-state index >= 15 is 0 Å². The van der Waals surface area contributed by atoms with Crippen LogP contribution < -0.4 is 4.72 Å². The standard InChI is InChI=1S/C10H16N2O6S3/c1-10(2,20(4,14)15)5-12-21(16,17)9-7(8(13)18-3)11-6-19-9/h6,12H,5H2,1-4H3. The van der Waals surface area contributed by atoms with Gasteiger partial charge in [-0.3, -0.25) is 0 Å². The third kappa shape index (κ3) is 3.99. The molecule has 0 bridgehead atoms. The van der Waals surface area contributed by atoms with Crippen LogP contribution in [0.1, 0.15) is 24.3 Å². The van der Waals surface area contributed by atoms with Crippen LogP contribution in [-0.2, 0) is 24.6 Å². The van der Waals surface area contributed by atoms with Gasteiger partial charge in [0.1, 0.15) is 0 Å². The number of methoxy groups -OCH3 is 1. The number of sulfonamides is 1. The molecule has 0 radical (unpaired) electrons. The lowest BCUT2D eigenvalue weighted by Gasteiger charge is -2.22. The maximum Gasteiger partial charge on any atom is 0.358 e. The Balaban J connectivity index is 3.05. The maximum atomic E-state index is 12.2. The van der Waals surface area contributed by atoms with E-state index in [9.17, 15) is 21.6 Å². The Labute approximate surface area is 127 Å². The number of rotatable bonds is 6. The molecule has 21 heavy (non-hydrogen) atoms. The van der Waals surface area contributed by atoms with Crippen molar-refractivity contribution in [2.24, 2.45) is 0 Å². The normalized spacial score (nSPS) is 13.1. The highest BCUT2D eigenvalue weighted by molar-refractivity contribution is 7.92. The molecule has 11 heteroatoms. The van der Waals surface area contributed by atoms with Crippen molar-refractivity contribution >= 4 is 37.2 Å². The van der Waals surface area contributed by atoms with Gasteiger partial charge in [-0.15, -0.1) is 11.3 Å². The Morgan fingerprint density at radius 1 is 1.38 bits per heavy atom. The number of hydrogen-bond acceptors (Lipinski definition) is 8. The number of sulfone groups is 1. The SMILES string of the molecule is COC(=O)c1ncsc1S(=O)(=O)NCC(C)(C)S(C)(=O)=O. The van der Waals surface area contributed by atoms with E-state index in [0.717, 1.165) is 24.7 Å². The Morgan fingerprint density at radius 3 is 2.43 bits per heavy atom. The summed E-state index contributed by atoms with van der Waals surface area (Å²) in [6.45, 7) is 2.48. The van der Waals surface area contributed by atoms with E-state index in [1.807, 2.05) is 0 Å². The van der Waals surface area contributed by atoms with Gasteiger partial charge in [-0.2, -0.15) is 0 Å². The quantitative estimate of drug-likeness (QED) is 0.714. The fraction of sp³-hybridized carbons (Fsp3) is 0.600. The summed E-state index contributed by atoms with van der Waals surface area (Å²) in [4.78, 5) is 15.1. The smallest absolute Gasteiger partial charge is 0.358 e. The van der Waals surface area contributed by atoms with E-state index in [0.29, 0.717) is 0 Å². The van der Waals surface area contributed by atoms with Crippen LogP contribution in [0, 0.1) is 0 Å². The monoisotopic (exact) mass is 356 g/mol. The van der Waals surface area contributed by atoms with Gasteiger partial charge in [0.15, 0.2) is 19.7 Å². The molecule has 1 rings (SSSR count). The highest BCUT2D eigenvalue weighted by atomic mass is 32.2. The molecule has 0 aliphatic heterocycles. The molecule has 0 unspecified atom stereocenters. The van der Waals surface area contributed by atoms with E-state index in [2.05, 4.69) is 14.4 Å². The van der Waals surface area contributed by atoms with Gasteiger partial charge >= 0.3 is 5.97 Å². The van der Waals surface area contributed by atoms with Crippen molar-refractivity contribution in [2.45, 2.75) is 22.8 Å². The van der Waals surface area contributed by atoms with E-state index in [-0.39, 0.29) is 16.4 Å². The minimum absolute atomic E-state index is 0.307. The first-order valence-corrected chi connectivity index (χ1v) is 9.89. The summed E-state index contributed by atoms with van der Waals surface area (Å²) < 4.78 is 52.5. The lowest BCUT2D eigenvalue weighted by Crippen LogP contribution is -2.43. The molecule has 0 amide bonds. The Hall–Kier alpha value is -1.04. The first-order valence-electron chi connectivity index (χ1n) is 5.63. The van der Waals surface area contributed by atoms with E-state index in [1.54, 1.807) is 0 Å². The van der Waals surface area contributed by atoms with Crippen molar-refractivity contribution in [3.63, 3.8) is 0 Å². The number of carbonyl (C=O) groups excluding carboxylic acids is 1. The first-order chi connectivity index (χ1) is 9.42. The Kier molecular flexibility index (Phi) is 5.13. The van der Waals surface area contributed by atoms with Crippen LogP contribution >= 0.6 is 11.3 Å². The number of carbonyl (C=O) groups is 1. The van der Waals surface area contributed by atoms with Gasteiger partial charge < -0.3 is 4.74 Å². The van der Waals surface area contributed by atoms with Crippen LogP contribution in [0.25, 0.3) is 0 Å². The molecule has 0 aliphatic carbocycles. The average Bonchev–Trinajstić information content (AvgIpc) is 2.84. The number of ether oxygens (including phenoxy) is 1. The third-order valence-electron chi connectivity index (χ3n) is 2.85. The summed E-state index contributed by atoms with van der Waals surface area (Å²) >= 11 is 0.746. The van der Waals surface area contributed by atoms with Gasteiger partial charge in [0.05, 0.1) is 17.4 Å². The summed E-state index contributed by atoms with van der Waals surface area (Å²) in [7, 11) is -6.40. The van der Waals surface area contributed by atoms with E-state index in [1.165, 1.54) is 19.4 Å². The van der Waals surface area contributed by atoms with Crippen molar-refractivity contribution in [1.29, 1.82) is 0 Å². The molecule has 0 saturated heterocycles. The molecule has 120 valence electrons. The van der Waals surface area contributed by atoms with Gasteiger partial charge in [0.2, 0.25) is 0 Å². The summed E-state index contributed by atoms with van der Waals surface area (Å²) in [5.41, 5.74) is 0.870. The molecule has 8 nitrogen and oxygen atoms in total. The van der Waals surface area contributed by atoms with Crippen LogP contribution in [0.2, 0.25) is 0 Å². The van der Waals surface area contributed by atoms with Gasteiger partial charge in [-0.25, -0.2) is 31.3 Å². The molecular weight excluding hydrogens is 340 g/mol. The van der Waals surface area contributed by atoms with Gasteiger partial charge in [0.25, 0.3) is 10.0 Å². The molecule has 0 aromatic carbocycles. The van der Waals surface area contributed by atoms with E-state index in [4.69, 9.17) is 0 Å². The molecule has 1 aromatic rings. The average molecular weight is 356 g/mol. The Morgan fingerprint density at radius 2 is 1.95 bits per heavy atom. The molecule has 0 atom stereocenters. The van der Waals surface area contributed by atoms with Gasteiger partial charge in [-0.05, 0) is 13.8 Å². The van der Waals surface area contributed by atoms with Crippen LogP contribution in [-0.4, -0.2) is 52.4 Å². The Bertz CT molecular complexity index is 733. The fourth-order valence-corrected chi connectivity index (χ4v) is 3.94. The predicted molar refractivity (Wildman–Crippen MR) is 77.6 cm³/mol. The fourth-order valence-electron chi connectivity index (χ4n) is 1.12. The molecule has 0 saturated carbocycles. The number of esters is 1. The predicted octanol–water partition coefficient (Wildman–Crippen LogP) is 0.0312. The highest BCUT2D eigenvalue weighted by Gasteiger charge is 2.33. The summed E-state index contributed by atoms with van der Waals surface area (Å²) in [6, 6.07) is 0. The summed E-state index contributed by atoms with van der Waals surface area (Å²) in [5.74, 6) is -0.876. The second-order valence-electron chi connectivity index (χ2n) is 4.84. The summed E-state index contributed by atoms with van der Waals surface area (Å²) in [6.07, 6.45) is 1.02. The summed E-state index contributed by atoms with van der Waals surface area (Å²) in [5, 5.41) is 0. The van der Waals surface area contributed by atoms with Crippen molar-refractivity contribution in [2.75, 3.05) is 19.9 Å². The van der Waals surface area contributed by atoms with Crippen LogP contribution in [0.3, 0.4) is 0 Å². The highest BCUT2D eigenvalue weighted by Crippen LogP contribution is 2.22. The molecule has 0 spiro atoms. The maximum absolute atomic E-state index is 12.2. The number of aromatic nitrogens is 1. The number of thiazole rings is 1. The van der Waals surface area contributed by atoms with Crippen LogP contribution in [0.15, 0.2) is 9.72 Å². The van der Waals surface area contributed by atoms with Gasteiger partial charge in [0, 0.05) is 12.8 Å². The number of nitrogens with one attached hydrogen (secondary N) is 1. The molecular formula is C10H16N2O6S3. The van der Waals surface area contributed by atoms with Crippen molar-refractivity contribution in [3.05, 3.63) is 11.2 Å². The molecule has 1 aromatic heterocycles. The number of hydrogen-bond donors (Lipinski definition) is 1. The second kappa shape index (κ2) is 5.99. The largest absolute Gasteiger partial charge is 0.464 e. The molecule has 1 N–H and O–H groups in total.